The second-order valence-electron chi connectivity index (χ2n) is 7.70. The molecule has 0 fully saturated rings. The van der Waals surface area contributed by atoms with Gasteiger partial charge in [-0.2, -0.15) is 0 Å². The molecule has 4 nitrogen and oxygen atoms in total. The highest BCUT2D eigenvalue weighted by Crippen LogP contribution is 2.25. The maximum Gasteiger partial charge on any atom is 0.410 e. The first-order chi connectivity index (χ1) is 12.9. The highest BCUT2D eigenvalue weighted by atomic mass is 16.6. The van der Waals surface area contributed by atoms with Gasteiger partial charge in [-0.05, 0) is 56.0 Å². The van der Waals surface area contributed by atoms with E-state index < -0.39 is 5.60 Å². The molecule has 0 radical (unpaired) electrons. The molecule has 2 aromatic carbocycles. The van der Waals surface area contributed by atoms with Crippen molar-refractivity contribution >= 4 is 11.7 Å². The summed E-state index contributed by atoms with van der Waals surface area (Å²) in [5, 5.41) is 0. The molecule has 0 unspecified atom stereocenters. The van der Waals surface area contributed by atoms with Gasteiger partial charge in [-0.1, -0.05) is 48.5 Å². The van der Waals surface area contributed by atoms with Crippen LogP contribution in [0.4, 0.5) is 4.79 Å². The predicted octanol–water partition coefficient (Wildman–Crippen LogP) is 5.29. The summed E-state index contributed by atoms with van der Waals surface area (Å²) in [6.45, 7) is 7.48. The van der Waals surface area contributed by atoms with Gasteiger partial charge in [0.25, 0.3) is 0 Å². The number of benzene rings is 2. The Hall–Kier alpha value is -2.75. The van der Waals surface area contributed by atoms with Gasteiger partial charge in [0.1, 0.15) is 18.0 Å². The monoisotopic (exact) mass is 365 g/mol. The van der Waals surface area contributed by atoms with Gasteiger partial charge in [-0.25, -0.2) is 4.79 Å². The lowest BCUT2D eigenvalue weighted by atomic mass is 9.99. The Morgan fingerprint density at radius 1 is 1.04 bits per heavy atom. The summed E-state index contributed by atoms with van der Waals surface area (Å²) < 4.78 is 11.3. The smallest absolute Gasteiger partial charge is 0.410 e. The highest BCUT2D eigenvalue weighted by molar-refractivity contribution is 5.72. The van der Waals surface area contributed by atoms with Crippen LogP contribution < -0.4 is 4.74 Å². The van der Waals surface area contributed by atoms with Crippen LogP contribution in [0.5, 0.6) is 5.75 Å². The zero-order valence-corrected chi connectivity index (χ0v) is 16.3. The fourth-order valence-corrected chi connectivity index (χ4v) is 2.93. The van der Waals surface area contributed by atoms with Crippen LogP contribution in [0.15, 0.2) is 60.7 Å². The number of hydrogen-bond acceptors (Lipinski definition) is 3. The molecule has 0 saturated carbocycles. The summed E-state index contributed by atoms with van der Waals surface area (Å²) in [5.41, 5.74) is 3.12. The van der Waals surface area contributed by atoms with Crippen molar-refractivity contribution in [2.75, 3.05) is 13.1 Å². The third-order valence-electron chi connectivity index (χ3n) is 4.33. The Kier molecular flexibility index (Phi) is 5.84. The minimum Gasteiger partial charge on any atom is -0.489 e. The average Bonchev–Trinajstić information content (AvgIpc) is 2.66. The lowest BCUT2D eigenvalue weighted by Gasteiger charge is -2.29. The molecule has 0 aromatic heterocycles. The van der Waals surface area contributed by atoms with E-state index in [4.69, 9.17) is 9.47 Å². The highest BCUT2D eigenvalue weighted by Gasteiger charge is 2.23. The number of carbonyl (C=O) groups is 1. The van der Waals surface area contributed by atoms with Crippen LogP contribution in [0.25, 0.3) is 5.57 Å². The van der Waals surface area contributed by atoms with Crippen LogP contribution in [0.1, 0.15) is 38.3 Å². The molecule has 0 bridgehead atoms. The summed E-state index contributed by atoms with van der Waals surface area (Å²) in [5.74, 6) is 0.856. The van der Waals surface area contributed by atoms with E-state index in [0.717, 1.165) is 17.7 Å². The number of carbonyl (C=O) groups excluding carboxylic acids is 1. The molecule has 27 heavy (non-hydrogen) atoms. The van der Waals surface area contributed by atoms with Crippen molar-refractivity contribution in [1.82, 2.24) is 4.90 Å². The average molecular weight is 365 g/mol. The van der Waals surface area contributed by atoms with Gasteiger partial charge < -0.3 is 14.4 Å². The minimum atomic E-state index is -0.462. The second-order valence-corrected chi connectivity index (χ2v) is 7.70. The normalized spacial score (nSPS) is 14.5. The molecule has 1 aliphatic rings. The Balaban J connectivity index is 1.55. The lowest BCUT2D eigenvalue weighted by molar-refractivity contribution is 0.0270. The first kappa shape index (κ1) is 19.0. The molecule has 1 amide bonds. The first-order valence-electron chi connectivity index (χ1n) is 9.35. The lowest BCUT2D eigenvalue weighted by Crippen LogP contribution is -2.39. The van der Waals surface area contributed by atoms with Gasteiger partial charge in [-0.3, -0.25) is 0 Å². The molecule has 0 N–H and O–H groups in total. The first-order valence-corrected chi connectivity index (χ1v) is 9.35. The minimum absolute atomic E-state index is 0.248. The number of amides is 1. The summed E-state index contributed by atoms with van der Waals surface area (Å²) in [6.07, 6.45) is 2.68. The van der Waals surface area contributed by atoms with Crippen molar-refractivity contribution in [2.45, 2.75) is 39.4 Å². The molecular formula is C23H27NO3. The molecule has 1 heterocycles. The molecule has 142 valence electrons. The molecule has 2 aromatic rings. The van der Waals surface area contributed by atoms with E-state index in [2.05, 4.69) is 30.3 Å². The fraction of sp³-hybridized carbons (Fsp3) is 0.348. The van der Waals surface area contributed by atoms with Crippen molar-refractivity contribution in [1.29, 1.82) is 0 Å². The fourth-order valence-electron chi connectivity index (χ4n) is 2.93. The van der Waals surface area contributed by atoms with E-state index in [9.17, 15) is 4.79 Å². The number of ether oxygens (including phenoxy) is 2. The van der Waals surface area contributed by atoms with Crippen molar-refractivity contribution in [3.63, 3.8) is 0 Å². The Labute approximate surface area is 161 Å². The number of hydrogen-bond donors (Lipinski definition) is 0. The Morgan fingerprint density at radius 2 is 1.74 bits per heavy atom. The van der Waals surface area contributed by atoms with Crippen molar-refractivity contribution in [3.8, 4) is 5.75 Å². The van der Waals surface area contributed by atoms with Crippen LogP contribution >= 0.6 is 0 Å². The summed E-state index contributed by atoms with van der Waals surface area (Å²) >= 11 is 0. The molecule has 4 heteroatoms. The summed E-state index contributed by atoms with van der Waals surface area (Å²) in [6, 6.07) is 18.3. The van der Waals surface area contributed by atoms with Gasteiger partial charge in [0.2, 0.25) is 0 Å². The van der Waals surface area contributed by atoms with Gasteiger partial charge >= 0.3 is 6.09 Å². The van der Waals surface area contributed by atoms with E-state index >= 15 is 0 Å². The maximum absolute atomic E-state index is 12.1. The van der Waals surface area contributed by atoms with Crippen LogP contribution in [-0.2, 0) is 11.3 Å². The van der Waals surface area contributed by atoms with Crippen LogP contribution in [0.2, 0.25) is 0 Å². The van der Waals surface area contributed by atoms with Crippen molar-refractivity contribution in [2.24, 2.45) is 0 Å². The maximum atomic E-state index is 12.1. The number of rotatable bonds is 4. The van der Waals surface area contributed by atoms with Gasteiger partial charge in [0, 0.05) is 13.1 Å². The number of nitrogens with zero attached hydrogens (tertiary/aromatic N) is 1. The molecular weight excluding hydrogens is 338 g/mol. The zero-order valence-electron chi connectivity index (χ0n) is 16.3. The van der Waals surface area contributed by atoms with Gasteiger partial charge in [-0.15, -0.1) is 0 Å². The van der Waals surface area contributed by atoms with E-state index in [1.165, 1.54) is 11.1 Å². The van der Waals surface area contributed by atoms with Gasteiger partial charge in [0.15, 0.2) is 0 Å². The topological polar surface area (TPSA) is 38.8 Å². The van der Waals surface area contributed by atoms with Gasteiger partial charge in [0.05, 0.1) is 0 Å². The molecule has 0 saturated heterocycles. The van der Waals surface area contributed by atoms with E-state index in [-0.39, 0.29) is 6.09 Å². The second kappa shape index (κ2) is 8.30. The van der Waals surface area contributed by atoms with E-state index in [1.807, 2.05) is 51.1 Å². The predicted molar refractivity (Wildman–Crippen MR) is 108 cm³/mol. The summed E-state index contributed by atoms with van der Waals surface area (Å²) in [7, 11) is 0. The third-order valence-corrected chi connectivity index (χ3v) is 4.33. The molecule has 0 aliphatic carbocycles. The zero-order chi connectivity index (χ0) is 19.3. The third kappa shape index (κ3) is 5.61. The van der Waals surface area contributed by atoms with E-state index in [0.29, 0.717) is 19.7 Å². The Morgan fingerprint density at radius 3 is 2.33 bits per heavy atom. The Bertz CT molecular complexity index is 789. The van der Waals surface area contributed by atoms with E-state index in [1.54, 1.807) is 4.90 Å². The van der Waals surface area contributed by atoms with Crippen LogP contribution in [-0.4, -0.2) is 29.7 Å². The molecule has 1 aliphatic heterocycles. The van der Waals surface area contributed by atoms with Crippen molar-refractivity contribution in [3.05, 3.63) is 71.8 Å². The largest absolute Gasteiger partial charge is 0.489 e. The quantitative estimate of drug-likeness (QED) is 0.739. The standard InChI is InChI=1S/C23H27NO3/c1-23(2,3)27-22(25)24-15-13-20(14-16-24)19-9-11-21(12-10-19)26-17-18-7-5-4-6-8-18/h4-13H,14-17H2,1-3H3. The molecule has 0 atom stereocenters. The van der Waals surface area contributed by atoms with Crippen LogP contribution in [0.3, 0.4) is 0 Å². The van der Waals surface area contributed by atoms with Crippen LogP contribution in [0, 0.1) is 0 Å². The molecule has 3 rings (SSSR count). The summed E-state index contributed by atoms with van der Waals surface area (Å²) in [4.78, 5) is 13.9. The van der Waals surface area contributed by atoms with Crippen molar-refractivity contribution < 1.29 is 14.3 Å². The molecule has 0 spiro atoms. The SMILES string of the molecule is CC(C)(C)OC(=O)N1CC=C(c2ccc(OCc3ccccc3)cc2)CC1.